The van der Waals surface area contributed by atoms with E-state index in [-0.39, 0.29) is 64.2 Å². The second-order valence-electron chi connectivity index (χ2n) is 4.14. The molecule has 88 valence electrons. The molecule has 7 heteroatoms. The van der Waals surface area contributed by atoms with Crippen molar-refractivity contribution in [2.75, 3.05) is 18.0 Å². The molecular weight excluding hydrogens is 255 g/mol. The number of halogens is 3. The summed E-state index contributed by atoms with van der Waals surface area (Å²) in [5.41, 5.74) is 0. The molecule has 0 atom stereocenters. The summed E-state index contributed by atoms with van der Waals surface area (Å²) in [5.74, 6) is -0.310. The monoisotopic (exact) mass is 268 g/mol. The molecule has 2 heterocycles. The van der Waals surface area contributed by atoms with Crippen molar-refractivity contribution in [1.29, 1.82) is 0 Å². The Hall–Kier alpha value is 0.441. The Morgan fingerprint density at radius 2 is 1.82 bits per heavy atom. The Balaban J connectivity index is 0.00000144. The number of hydrogen-bond donors (Lipinski definition) is 0. The summed E-state index contributed by atoms with van der Waals surface area (Å²) >= 11 is 0. The fraction of sp³-hybridized carbons (Fsp3) is 0.500. The van der Waals surface area contributed by atoms with Gasteiger partial charge in [0.1, 0.15) is 5.82 Å². The van der Waals surface area contributed by atoms with Gasteiger partial charge in [-0.05, 0) is 12.1 Å². The van der Waals surface area contributed by atoms with Crippen molar-refractivity contribution < 1.29 is 64.3 Å². The van der Waals surface area contributed by atoms with Gasteiger partial charge in [-0.15, -0.1) is 0 Å². The molecule has 17 heavy (non-hydrogen) atoms. The van der Waals surface area contributed by atoms with E-state index >= 15 is 0 Å². The van der Waals surface area contributed by atoms with E-state index in [0.29, 0.717) is 13.1 Å². The van der Waals surface area contributed by atoms with Crippen molar-refractivity contribution in [2.24, 2.45) is 0 Å². The smallest absolute Gasteiger partial charge is 0.449 e. The molecule has 0 saturated carbocycles. The van der Waals surface area contributed by atoms with Crippen LogP contribution in [0.5, 0.6) is 0 Å². The minimum absolute atomic E-state index is 0. The van der Waals surface area contributed by atoms with Gasteiger partial charge in [0.25, 0.3) is 0 Å². The van der Waals surface area contributed by atoms with Gasteiger partial charge >= 0.3 is 58.4 Å². The van der Waals surface area contributed by atoms with Crippen molar-refractivity contribution in [3.63, 3.8) is 0 Å². The Morgan fingerprint density at radius 1 is 1.18 bits per heavy atom. The zero-order valence-electron chi connectivity index (χ0n) is 9.82. The standard InChI is InChI=1S/C10H13BF3N2.K/c12-11(13,14)9-4-7-16(8-5-9)10-3-1-2-6-15-10;/h1-3,6,9H,4-5,7-8H2;/q-1;+1. The molecule has 2 nitrogen and oxygen atoms in total. The van der Waals surface area contributed by atoms with Gasteiger partial charge in [0, 0.05) is 19.3 Å². The summed E-state index contributed by atoms with van der Waals surface area (Å²) in [6, 6.07) is 5.48. The van der Waals surface area contributed by atoms with Gasteiger partial charge in [0.2, 0.25) is 0 Å². The van der Waals surface area contributed by atoms with E-state index in [4.69, 9.17) is 0 Å². The Labute approximate surface area is 141 Å². The third-order valence-electron chi connectivity index (χ3n) is 3.05. The van der Waals surface area contributed by atoms with E-state index in [0.717, 1.165) is 5.82 Å². The number of nitrogens with zero attached hydrogens (tertiary/aromatic N) is 2. The number of pyridine rings is 1. The summed E-state index contributed by atoms with van der Waals surface area (Å²) in [5, 5.41) is 0. The van der Waals surface area contributed by atoms with Crippen molar-refractivity contribution in [3.05, 3.63) is 24.4 Å². The minimum Gasteiger partial charge on any atom is -0.449 e. The van der Waals surface area contributed by atoms with Crippen LogP contribution in [-0.4, -0.2) is 25.1 Å². The maximum absolute atomic E-state index is 12.5. The first-order valence-corrected chi connectivity index (χ1v) is 5.43. The maximum atomic E-state index is 12.5. The molecule has 0 bridgehead atoms. The molecule has 0 unspecified atom stereocenters. The zero-order valence-corrected chi connectivity index (χ0v) is 12.9. The van der Waals surface area contributed by atoms with Crippen LogP contribution in [0, 0.1) is 0 Å². The van der Waals surface area contributed by atoms with E-state index in [9.17, 15) is 12.9 Å². The Bertz CT molecular complexity index is 339. The number of piperidine rings is 1. The first-order valence-electron chi connectivity index (χ1n) is 5.43. The predicted octanol–water partition coefficient (Wildman–Crippen LogP) is -0.0966. The van der Waals surface area contributed by atoms with Gasteiger partial charge in [-0.25, -0.2) is 4.98 Å². The molecule has 1 aliphatic rings. The first kappa shape index (κ1) is 15.5. The fourth-order valence-corrected chi connectivity index (χ4v) is 2.05. The molecule has 0 amide bonds. The molecule has 0 N–H and O–H groups in total. The summed E-state index contributed by atoms with van der Waals surface area (Å²) in [7, 11) is 0. The molecule has 0 radical (unpaired) electrons. The van der Waals surface area contributed by atoms with Crippen LogP contribution in [0.4, 0.5) is 18.8 Å². The third kappa shape index (κ3) is 4.24. The topological polar surface area (TPSA) is 16.1 Å². The second kappa shape index (κ2) is 6.56. The molecule has 2 rings (SSSR count). The molecule has 1 aliphatic heterocycles. The van der Waals surface area contributed by atoms with Crippen LogP contribution in [0.3, 0.4) is 0 Å². The predicted molar refractivity (Wildman–Crippen MR) is 58.5 cm³/mol. The van der Waals surface area contributed by atoms with Crippen LogP contribution in [0.1, 0.15) is 12.8 Å². The van der Waals surface area contributed by atoms with Crippen molar-refractivity contribution in [3.8, 4) is 0 Å². The van der Waals surface area contributed by atoms with E-state index in [1.54, 1.807) is 12.3 Å². The maximum Gasteiger partial charge on any atom is 1.00 e. The second-order valence-corrected chi connectivity index (χ2v) is 4.14. The molecule has 0 aromatic carbocycles. The van der Waals surface area contributed by atoms with E-state index in [2.05, 4.69) is 4.98 Å². The molecule has 1 fully saturated rings. The summed E-state index contributed by atoms with van der Waals surface area (Å²) in [6.45, 7) is -3.78. The first-order chi connectivity index (χ1) is 7.57. The van der Waals surface area contributed by atoms with Crippen LogP contribution in [0.15, 0.2) is 24.4 Å². The number of hydrogen-bond acceptors (Lipinski definition) is 2. The Kier molecular flexibility index (Phi) is 5.98. The van der Waals surface area contributed by atoms with Gasteiger partial charge in [0.15, 0.2) is 0 Å². The molecule has 1 saturated heterocycles. The quantitative estimate of drug-likeness (QED) is 0.697. The average Bonchev–Trinajstić information content (AvgIpc) is 2.29. The molecule has 1 aromatic heterocycles. The molecular formula is C10H13BF3KN2. The SMILES string of the molecule is F[B-](F)(F)C1CCN(c2ccccn2)CC1.[K+]. The fourth-order valence-electron chi connectivity index (χ4n) is 2.05. The largest absolute Gasteiger partial charge is 1.00 e. The number of aromatic nitrogens is 1. The summed E-state index contributed by atoms with van der Waals surface area (Å²) in [4.78, 5) is 6.05. The van der Waals surface area contributed by atoms with E-state index in [1.807, 2.05) is 17.0 Å². The average molecular weight is 268 g/mol. The minimum atomic E-state index is -4.67. The van der Waals surface area contributed by atoms with Crippen LogP contribution >= 0.6 is 0 Å². The van der Waals surface area contributed by atoms with Crippen molar-refractivity contribution in [2.45, 2.75) is 18.7 Å². The number of rotatable bonds is 2. The molecule has 1 aromatic rings. The van der Waals surface area contributed by atoms with E-state index in [1.165, 1.54) is 0 Å². The van der Waals surface area contributed by atoms with Gasteiger partial charge in [-0.3, -0.25) is 0 Å². The zero-order chi connectivity index (χ0) is 11.6. The van der Waals surface area contributed by atoms with Gasteiger partial charge in [-0.1, -0.05) is 24.7 Å². The van der Waals surface area contributed by atoms with Gasteiger partial charge < -0.3 is 17.8 Å². The third-order valence-corrected chi connectivity index (χ3v) is 3.05. The molecule has 0 spiro atoms. The summed E-state index contributed by atoms with van der Waals surface area (Å²) < 4.78 is 37.5. The van der Waals surface area contributed by atoms with Crippen LogP contribution < -0.4 is 56.3 Å². The Morgan fingerprint density at radius 3 is 2.29 bits per heavy atom. The normalized spacial score (nSPS) is 17.7. The van der Waals surface area contributed by atoms with Crippen LogP contribution in [-0.2, 0) is 0 Å². The molecule has 0 aliphatic carbocycles. The van der Waals surface area contributed by atoms with Gasteiger partial charge in [0.05, 0.1) is 0 Å². The summed E-state index contributed by atoms with van der Waals surface area (Å²) in [6.07, 6.45) is 2.05. The van der Waals surface area contributed by atoms with Crippen LogP contribution in [0.2, 0.25) is 5.82 Å². The van der Waals surface area contributed by atoms with Crippen molar-refractivity contribution in [1.82, 2.24) is 4.98 Å². The van der Waals surface area contributed by atoms with Gasteiger partial charge in [-0.2, -0.15) is 0 Å². The van der Waals surface area contributed by atoms with Crippen LogP contribution in [0.25, 0.3) is 0 Å². The number of anilines is 1. The van der Waals surface area contributed by atoms with Crippen molar-refractivity contribution >= 4 is 12.8 Å². The van der Waals surface area contributed by atoms with E-state index < -0.39 is 12.8 Å².